The van der Waals surface area contributed by atoms with Gasteiger partial charge in [-0.3, -0.25) is 0 Å². The van der Waals surface area contributed by atoms with Crippen LogP contribution in [0.25, 0.3) is 11.3 Å². The van der Waals surface area contributed by atoms with E-state index in [9.17, 15) is 0 Å². The number of nitrogens with zero attached hydrogens (tertiary/aromatic N) is 4. The first kappa shape index (κ1) is 14.2. The molecule has 0 aliphatic carbocycles. The molecule has 0 unspecified atom stereocenters. The van der Waals surface area contributed by atoms with Crippen LogP contribution in [-0.2, 0) is 0 Å². The van der Waals surface area contributed by atoms with Gasteiger partial charge in [0.1, 0.15) is 17.1 Å². The minimum absolute atomic E-state index is 0.190. The summed E-state index contributed by atoms with van der Waals surface area (Å²) in [5.41, 5.74) is 8.31. The smallest absolute Gasteiger partial charge is 0.220 e. The second-order valence-electron chi connectivity index (χ2n) is 4.48. The topological polar surface area (TPSA) is 76.5 Å². The molecular formula is C16H12ClN5. The number of azo groups is 1. The molecule has 0 aliphatic heterocycles. The van der Waals surface area contributed by atoms with Crippen LogP contribution in [0.15, 0.2) is 71.0 Å². The fraction of sp³-hybridized carbons (Fsp3) is 0. The normalized spacial score (nSPS) is 11.0. The van der Waals surface area contributed by atoms with E-state index >= 15 is 0 Å². The Bertz CT molecular complexity index is 818. The van der Waals surface area contributed by atoms with E-state index < -0.39 is 0 Å². The van der Waals surface area contributed by atoms with Gasteiger partial charge in [-0.25, -0.2) is 9.97 Å². The van der Waals surface area contributed by atoms with Gasteiger partial charge < -0.3 is 5.73 Å². The third kappa shape index (κ3) is 3.10. The van der Waals surface area contributed by atoms with Crippen LogP contribution in [0.4, 0.5) is 17.3 Å². The summed E-state index contributed by atoms with van der Waals surface area (Å²) in [6.07, 6.45) is 1.55. The van der Waals surface area contributed by atoms with Crippen molar-refractivity contribution in [3.05, 3.63) is 65.8 Å². The molecule has 3 rings (SSSR count). The highest BCUT2D eigenvalue weighted by Gasteiger charge is 2.08. The van der Waals surface area contributed by atoms with Crippen molar-refractivity contribution in [1.29, 1.82) is 0 Å². The quantitative estimate of drug-likeness (QED) is 0.706. The number of aromatic nitrogens is 2. The largest absolute Gasteiger partial charge is 0.368 e. The molecule has 5 nitrogen and oxygen atoms in total. The van der Waals surface area contributed by atoms with Crippen LogP contribution in [0.1, 0.15) is 0 Å². The molecule has 2 N–H and O–H groups in total. The van der Waals surface area contributed by atoms with E-state index in [4.69, 9.17) is 17.3 Å². The second kappa shape index (κ2) is 6.32. The zero-order valence-corrected chi connectivity index (χ0v) is 12.3. The van der Waals surface area contributed by atoms with E-state index in [2.05, 4.69) is 20.2 Å². The van der Waals surface area contributed by atoms with Gasteiger partial charge in [0.2, 0.25) is 5.95 Å². The van der Waals surface area contributed by atoms with Gasteiger partial charge in [0.25, 0.3) is 0 Å². The lowest BCUT2D eigenvalue weighted by Crippen LogP contribution is -1.95. The molecule has 0 aliphatic rings. The van der Waals surface area contributed by atoms with Crippen LogP contribution in [0.2, 0.25) is 5.02 Å². The minimum Gasteiger partial charge on any atom is -0.368 e. The first-order chi connectivity index (χ1) is 10.7. The molecule has 1 heterocycles. The van der Waals surface area contributed by atoms with Gasteiger partial charge in [-0.15, -0.1) is 10.2 Å². The number of hydrogen-bond acceptors (Lipinski definition) is 5. The zero-order valence-electron chi connectivity index (χ0n) is 11.5. The van der Waals surface area contributed by atoms with Gasteiger partial charge in [0.15, 0.2) is 0 Å². The van der Waals surface area contributed by atoms with Crippen molar-refractivity contribution in [3.63, 3.8) is 0 Å². The van der Waals surface area contributed by atoms with E-state index in [1.807, 2.05) is 42.5 Å². The van der Waals surface area contributed by atoms with Gasteiger partial charge in [-0.05, 0) is 12.1 Å². The molecule has 1 aromatic heterocycles. The maximum atomic E-state index is 6.07. The maximum absolute atomic E-state index is 6.07. The summed E-state index contributed by atoms with van der Waals surface area (Å²) in [5, 5.41) is 8.91. The van der Waals surface area contributed by atoms with Crippen LogP contribution >= 0.6 is 11.6 Å². The standard InChI is InChI=1S/C16H12ClN5/c17-12-8-4-5-9-13(12)21-22-14-10-19-16(18)20-15(14)11-6-2-1-3-7-11/h1-10H,(H2,18,19,20). The van der Waals surface area contributed by atoms with E-state index in [-0.39, 0.29) is 5.95 Å². The Morgan fingerprint density at radius 3 is 2.32 bits per heavy atom. The molecule has 3 aromatic rings. The lowest BCUT2D eigenvalue weighted by molar-refractivity contribution is 1.14. The van der Waals surface area contributed by atoms with Gasteiger partial charge in [0.05, 0.1) is 11.2 Å². The van der Waals surface area contributed by atoms with Crippen molar-refractivity contribution in [2.24, 2.45) is 10.2 Å². The molecule has 0 amide bonds. The molecule has 0 saturated heterocycles. The van der Waals surface area contributed by atoms with E-state index in [0.717, 1.165) is 5.56 Å². The summed E-state index contributed by atoms with van der Waals surface area (Å²) in [6, 6.07) is 16.8. The number of halogens is 1. The Hall–Kier alpha value is -2.79. The number of hydrogen-bond donors (Lipinski definition) is 1. The number of nitrogen functional groups attached to an aromatic ring is 1. The fourth-order valence-corrected chi connectivity index (χ4v) is 2.08. The molecule has 108 valence electrons. The zero-order chi connectivity index (χ0) is 15.4. The number of rotatable bonds is 3. The molecule has 0 saturated carbocycles. The molecule has 0 fully saturated rings. The maximum Gasteiger partial charge on any atom is 0.220 e. The Balaban J connectivity index is 2.03. The Kier molecular flexibility index (Phi) is 4.07. The van der Waals surface area contributed by atoms with Crippen molar-refractivity contribution < 1.29 is 0 Å². The molecule has 0 radical (unpaired) electrons. The van der Waals surface area contributed by atoms with Gasteiger partial charge >= 0.3 is 0 Å². The SMILES string of the molecule is Nc1ncc(N=Nc2ccccc2Cl)c(-c2ccccc2)n1. The number of nitrogens with two attached hydrogens (primary N) is 1. The van der Waals surface area contributed by atoms with Crippen LogP contribution in [0, 0.1) is 0 Å². The molecule has 0 bridgehead atoms. The molecule has 0 atom stereocenters. The summed E-state index contributed by atoms with van der Waals surface area (Å²) in [4.78, 5) is 8.24. The third-order valence-electron chi connectivity index (χ3n) is 2.95. The number of benzene rings is 2. The molecule has 0 spiro atoms. The molecule has 2 aromatic carbocycles. The van der Waals surface area contributed by atoms with Crippen LogP contribution < -0.4 is 5.73 Å². The summed E-state index contributed by atoms with van der Waals surface area (Å²) in [7, 11) is 0. The monoisotopic (exact) mass is 309 g/mol. The average Bonchev–Trinajstić information content (AvgIpc) is 2.56. The van der Waals surface area contributed by atoms with Crippen LogP contribution in [0.5, 0.6) is 0 Å². The molecular weight excluding hydrogens is 298 g/mol. The summed E-state index contributed by atoms with van der Waals surface area (Å²) in [5.74, 6) is 0.190. The third-order valence-corrected chi connectivity index (χ3v) is 3.27. The first-order valence-electron chi connectivity index (χ1n) is 6.58. The predicted molar refractivity (Wildman–Crippen MR) is 87.5 cm³/mol. The van der Waals surface area contributed by atoms with Gasteiger partial charge in [-0.1, -0.05) is 54.1 Å². The van der Waals surface area contributed by atoms with Crippen LogP contribution in [-0.4, -0.2) is 9.97 Å². The predicted octanol–water partition coefficient (Wildman–Crippen LogP) is 4.79. The van der Waals surface area contributed by atoms with Crippen molar-refractivity contribution in [3.8, 4) is 11.3 Å². The van der Waals surface area contributed by atoms with Crippen molar-refractivity contribution in [1.82, 2.24) is 9.97 Å². The molecule has 22 heavy (non-hydrogen) atoms. The van der Waals surface area contributed by atoms with Crippen molar-refractivity contribution >= 4 is 28.9 Å². The lowest BCUT2D eigenvalue weighted by Gasteiger charge is -2.04. The fourth-order valence-electron chi connectivity index (χ4n) is 1.91. The summed E-state index contributed by atoms with van der Waals surface area (Å²) in [6.45, 7) is 0. The summed E-state index contributed by atoms with van der Waals surface area (Å²) < 4.78 is 0. The van der Waals surface area contributed by atoms with Crippen LogP contribution in [0.3, 0.4) is 0 Å². The highest BCUT2D eigenvalue weighted by molar-refractivity contribution is 6.32. The molecule has 6 heteroatoms. The summed E-state index contributed by atoms with van der Waals surface area (Å²) >= 11 is 6.07. The lowest BCUT2D eigenvalue weighted by atomic mass is 10.1. The van der Waals surface area contributed by atoms with Crippen molar-refractivity contribution in [2.45, 2.75) is 0 Å². The highest BCUT2D eigenvalue weighted by Crippen LogP contribution is 2.31. The van der Waals surface area contributed by atoms with Gasteiger partial charge in [-0.2, -0.15) is 0 Å². The number of anilines is 1. The Morgan fingerprint density at radius 2 is 1.55 bits per heavy atom. The van der Waals surface area contributed by atoms with Crippen molar-refractivity contribution in [2.75, 3.05) is 5.73 Å². The minimum atomic E-state index is 0.190. The Morgan fingerprint density at radius 1 is 0.864 bits per heavy atom. The highest BCUT2D eigenvalue weighted by atomic mass is 35.5. The Labute approximate surface area is 132 Å². The van der Waals surface area contributed by atoms with E-state index in [1.54, 1.807) is 18.3 Å². The second-order valence-corrected chi connectivity index (χ2v) is 4.89. The average molecular weight is 310 g/mol. The van der Waals surface area contributed by atoms with Gasteiger partial charge in [0, 0.05) is 5.56 Å². The van der Waals surface area contributed by atoms with E-state index in [1.165, 1.54) is 0 Å². The first-order valence-corrected chi connectivity index (χ1v) is 6.96. The van der Waals surface area contributed by atoms with E-state index in [0.29, 0.717) is 22.1 Å².